The van der Waals surface area contributed by atoms with Gasteiger partial charge in [-0.05, 0) is 81.0 Å². The summed E-state index contributed by atoms with van der Waals surface area (Å²) in [4.78, 5) is 18.4. The van der Waals surface area contributed by atoms with Crippen molar-refractivity contribution in [2.75, 3.05) is 4.90 Å². The molecule has 4 fully saturated rings. The molecule has 2 atom stereocenters. The zero-order valence-electron chi connectivity index (χ0n) is 22.6. The molecular formula is C31H28Cl2FN3O4S. The Morgan fingerprint density at radius 3 is 2.50 bits per heavy atom. The standard InChI is InChI=1S/C31H28Cl2FN3O4S/c32-21-2-1-3-22(33)25(21)26-20(28(41-36-26)15-4-5-15)14-40-19-12-31(13-19)10-17-6-7-18(11-31)37(17)30-35-27-23(34)8-16(29(38)39)9-24(27)42-30/h1-3,8-9,15,17-19H,4-7,10-14H2,(H,38,39)/t17-,18+,19?,31?. The second-order valence-electron chi connectivity index (χ2n) is 12.4. The number of thiazole rings is 1. The van der Waals surface area contributed by atoms with E-state index in [1.165, 1.54) is 17.4 Å². The number of carboxylic acid groups (broad SMARTS) is 1. The fourth-order valence-electron chi connectivity index (χ4n) is 7.57. The number of fused-ring (bicyclic) bond motifs is 3. The number of benzene rings is 2. The summed E-state index contributed by atoms with van der Waals surface area (Å²) >= 11 is 14.4. The second kappa shape index (κ2) is 9.91. The minimum Gasteiger partial charge on any atom is -0.478 e. The molecule has 4 heterocycles. The van der Waals surface area contributed by atoms with Gasteiger partial charge >= 0.3 is 5.97 Å². The molecule has 2 aliphatic carbocycles. The Bertz CT molecular complexity index is 1690. The first-order valence-corrected chi connectivity index (χ1v) is 16.0. The van der Waals surface area contributed by atoms with Crippen LogP contribution in [0.4, 0.5) is 9.52 Å². The Labute approximate surface area is 255 Å². The number of carbonyl (C=O) groups is 1. The maximum absolute atomic E-state index is 14.7. The third-order valence-corrected chi connectivity index (χ3v) is 11.3. The van der Waals surface area contributed by atoms with Gasteiger partial charge in [-0.15, -0.1) is 0 Å². The van der Waals surface area contributed by atoms with Crippen LogP contribution in [0, 0.1) is 11.2 Å². The molecule has 2 aromatic carbocycles. The Hall–Kier alpha value is -2.72. The molecule has 2 bridgehead atoms. The van der Waals surface area contributed by atoms with Gasteiger partial charge in [-0.25, -0.2) is 14.2 Å². The highest BCUT2D eigenvalue weighted by Gasteiger charge is 2.55. The molecule has 1 N–H and O–H groups in total. The Balaban J connectivity index is 0.965. The molecule has 0 unspecified atom stereocenters. The number of ether oxygens (including phenoxy) is 1. The summed E-state index contributed by atoms with van der Waals surface area (Å²) < 4.78 is 27.5. The smallest absolute Gasteiger partial charge is 0.335 e. The maximum atomic E-state index is 14.7. The minimum atomic E-state index is -1.14. The molecule has 4 aliphatic rings. The lowest BCUT2D eigenvalue weighted by molar-refractivity contribution is -0.103. The lowest BCUT2D eigenvalue weighted by Gasteiger charge is -2.54. The molecule has 11 heteroatoms. The van der Waals surface area contributed by atoms with Crippen molar-refractivity contribution in [1.82, 2.24) is 10.1 Å². The van der Waals surface area contributed by atoms with Gasteiger partial charge < -0.3 is 19.3 Å². The van der Waals surface area contributed by atoms with Crippen LogP contribution in [0.2, 0.25) is 10.0 Å². The third-order valence-electron chi connectivity index (χ3n) is 9.61. The lowest BCUT2D eigenvalue weighted by Crippen LogP contribution is -2.54. The van der Waals surface area contributed by atoms with E-state index in [4.69, 9.17) is 32.5 Å². The Kier molecular flexibility index (Phi) is 6.34. The van der Waals surface area contributed by atoms with E-state index in [1.807, 2.05) is 18.2 Å². The highest BCUT2D eigenvalue weighted by Crippen LogP contribution is 2.58. The first-order valence-electron chi connectivity index (χ1n) is 14.4. The quantitative estimate of drug-likeness (QED) is 0.220. The van der Waals surface area contributed by atoms with Crippen LogP contribution in [0.1, 0.15) is 79.0 Å². The molecule has 2 saturated carbocycles. The third kappa shape index (κ3) is 4.43. The normalized spacial score (nSPS) is 26.7. The molecule has 2 aromatic heterocycles. The lowest BCUT2D eigenvalue weighted by atomic mass is 9.59. The summed E-state index contributed by atoms with van der Waals surface area (Å²) in [6, 6.07) is 8.73. The van der Waals surface area contributed by atoms with Gasteiger partial charge in [-0.1, -0.05) is 45.8 Å². The predicted molar refractivity (Wildman–Crippen MR) is 159 cm³/mol. The predicted octanol–water partition coefficient (Wildman–Crippen LogP) is 8.47. The number of aromatic carboxylic acids is 1. The number of rotatable bonds is 7. The summed E-state index contributed by atoms with van der Waals surface area (Å²) in [5.74, 6) is -0.441. The van der Waals surface area contributed by atoms with Crippen molar-refractivity contribution in [1.29, 1.82) is 0 Å². The van der Waals surface area contributed by atoms with E-state index in [0.717, 1.165) is 73.9 Å². The van der Waals surface area contributed by atoms with Crippen molar-refractivity contribution in [2.45, 2.75) is 82.1 Å². The van der Waals surface area contributed by atoms with Gasteiger partial charge in [0.25, 0.3) is 0 Å². The zero-order valence-corrected chi connectivity index (χ0v) is 24.9. The van der Waals surface area contributed by atoms with E-state index in [2.05, 4.69) is 15.0 Å². The fourth-order valence-corrected chi connectivity index (χ4v) is 9.31. The molecule has 4 aromatic rings. The zero-order chi connectivity index (χ0) is 28.7. The molecule has 42 heavy (non-hydrogen) atoms. The van der Waals surface area contributed by atoms with Crippen LogP contribution in [-0.2, 0) is 11.3 Å². The molecule has 218 valence electrons. The molecular weight excluding hydrogens is 600 g/mol. The minimum absolute atomic E-state index is 0.0474. The average Bonchev–Trinajstić information content (AvgIpc) is 3.45. The van der Waals surface area contributed by atoms with Gasteiger partial charge in [0.15, 0.2) is 10.9 Å². The van der Waals surface area contributed by atoms with Crippen molar-refractivity contribution in [3.05, 3.63) is 63.1 Å². The fraction of sp³-hybridized carbons (Fsp3) is 0.452. The SMILES string of the molecule is O=C(O)c1cc(F)c2nc(N3[C@@H]4CC[C@H]3CC3(CC(OCc5c(-c6c(Cl)cccc6Cl)noc5C5CC5)C3)C4)sc2c1. The van der Waals surface area contributed by atoms with Crippen LogP contribution < -0.4 is 4.90 Å². The van der Waals surface area contributed by atoms with Crippen LogP contribution >= 0.6 is 34.5 Å². The van der Waals surface area contributed by atoms with Gasteiger partial charge in [-0.2, -0.15) is 0 Å². The first kappa shape index (κ1) is 26.9. The van der Waals surface area contributed by atoms with Gasteiger partial charge in [0.1, 0.15) is 17.0 Å². The molecule has 0 radical (unpaired) electrons. The highest BCUT2D eigenvalue weighted by atomic mass is 35.5. The second-order valence-corrected chi connectivity index (χ2v) is 14.2. The van der Waals surface area contributed by atoms with E-state index in [1.54, 1.807) is 0 Å². The summed E-state index contributed by atoms with van der Waals surface area (Å²) in [5, 5.41) is 15.6. The van der Waals surface area contributed by atoms with E-state index >= 15 is 0 Å². The highest BCUT2D eigenvalue weighted by molar-refractivity contribution is 7.22. The van der Waals surface area contributed by atoms with Gasteiger partial charge in [-0.3, -0.25) is 0 Å². The van der Waals surface area contributed by atoms with Crippen molar-refractivity contribution in [3.63, 3.8) is 0 Å². The van der Waals surface area contributed by atoms with E-state index in [-0.39, 0.29) is 22.6 Å². The number of anilines is 1. The monoisotopic (exact) mass is 627 g/mol. The number of nitrogens with zero attached hydrogens (tertiary/aromatic N) is 3. The van der Waals surface area contributed by atoms with Crippen molar-refractivity contribution in [3.8, 4) is 11.3 Å². The molecule has 0 amide bonds. The van der Waals surface area contributed by atoms with Crippen molar-refractivity contribution in [2.24, 2.45) is 5.41 Å². The molecule has 1 spiro atoms. The number of aromatic nitrogens is 2. The summed E-state index contributed by atoms with van der Waals surface area (Å²) in [6.45, 7) is 0.418. The summed E-state index contributed by atoms with van der Waals surface area (Å²) in [5.41, 5.74) is 2.78. The molecule has 2 aliphatic heterocycles. The number of piperidine rings is 1. The van der Waals surface area contributed by atoms with Gasteiger partial charge in [0, 0.05) is 29.1 Å². The van der Waals surface area contributed by atoms with Crippen LogP contribution in [0.25, 0.3) is 21.5 Å². The molecule has 2 saturated heterocycles. The first-order chi connectivity index (χ1) is 20.3. The van der Waals surface area contributed by atoms with Crippen molar-refractivity contribution >= 4 is 55.9 Å². The Morgan fingerprint density at radius 1 is 1.12 bits per heavy atom. The van der Waals surface area contributed by atoms with Crippen LogP contribution in [0.5, 0.6) is 0 Å². The van der Waals surface area contributed by atoms with Crippen LogP contribution in [-0.4, -0.2) is 39.4 Å². The number of halogens is 3. The number of carboxylic acids is 1. The van der Waals surface area contributed by atoms with E-state index in [9.17, 15) is 14.3 Å². The van der Waals surface area contributed by atoms with Crippen LogP contribution in [0.15, 0.2) is 34.9 Å². The number of hydrogen-bond acceptors (Lipinski definition) is 7. The molecule has 7 nitrogen and oxygen atoms in total. The Morgan fingerprint density at radius 2 is 1.83 bits per heavy atom. The summed E-state index contributed by atoms with van der Waals surface area (Å²) in [6.07, 6.45) is 8.66. The topological polar surface area (TPSA) is 88.7 Å². The van der Waals surface area contributed by atoms with Gasteiger partial charge in [0.05, 0.1) is 33.0 Å². The summed E-state index contributed by atoms with van der Waals surface area (Å²) in [7, 11) is 0. The van der Waals surface area contributed by atoms with E-state index in [0.29, 0.717) is 50.6 Å². The molecule has 8 rings (SSSR count). The number of hydrogen-bond donors (Lipinski definition) is 1. The van der Waals surface area contributed by atoms with Crippen molar-refractivity contribution < 1.29 is 23.6 Å². The largest absolute Gasteiger partial charge is 0.478 e. The maximum Gasteiger partial charge on any atom is 0.335 e. The van der Waals surface area contributed by atoms with Crippen LogP contribution in [0.3, 0.4) is 0 Å². The van der Waals surface area contributed by atoms with E-state index < -0.39 is 11.8 Å². The van der Waals surface area contributed by atoms with Gasteiger partial charge in [0.2, 0.25) is 0 Å². The average molecular weight is 629 g/mol.